The van der Waals surface area contributed by atoms with E-state index in [1.165, 1.54) is 13.2 Å². The number of alkyl halides is 3. The molecule has 200 valence electrons. The van der Waals surface area contributed by atoms with Crippen molar-refractivity contribution in [1.29, 1.82) is 0 Å². The van der Waals surface area contributed by atoms with Crippen molar-refractivity contribution in [2.45, 2.75) is 52.6 Å². The lowest BCUT2D eigenvalue weighted by Gasteiger charge is -2.19. The van der Waals surface area contributed by atoms with Gasteiger partial charge in [-0.25, -0.2) is 14.2 Å². The summed E-state index contributed by atoms with van der Waals surface area (Å²) in [6.45, 7) is 3.25. The van der Waals surface area contributed by atoms with Crippen molar-refractivity contribution in [1.82, 2.24) is 24.3 Å². The van der Waals surface area contributed by atoms with Gasteiger partial charge in [0.05, 0.1) is 12.7 Å². The zero-order valence-corrected chi connectivity index (χ0v) is 20.8. The summed E-state index contributed by atoms with van der Waals surface area (Å²) < 4.78 is 66.3. The van der Waals surface area contributed by atoms with E-state index in [1.54, 1.807) is 13.8 Å². The topological polar surface area (TPSA) is 121 Å². The molecule has 1 N–H and O–H groups in total. The number of ether oxygens (including phenoxy) is 2. The van der Waals surface area contributed by atoms with Gasteiger partial charge in [-0.1, -0.05) is 11.6 Å². The maximum atomic E-state index is 15.2. The van der Waals surface area contributed by atoms with Crippen LogP contribution in [0.15, 0.2) is 16.9 Å². The van der Waals surface area contributed by atoms with E-state index in [0.717, 1.165) is 4.57 Å². The summed E-state index contributed by atoms with van der Waals surface area (Å²) in [6.07, 6.45) is -7.75. The summed E-state index contributed by atoms with van der Waals surface area (Å²) in [5.41, 5.74) is -0.792. The molecule has 3 rings (SSSR count). The van der Waals surface area contributed by atoms with Crippen LogP contribution < -0.4 is 15.2 Å². The fraction of sp³-hybridized carbons (Fsp3) is 0.409. The number of methoxy groups -OCH3 is 1. The lowest BCUT2D eigenvalue weighted by Crippen LogP contribution is -2.32. The highest BCUT2D eigenvalue weighted by Gasteiger charge is 2.39. The minimum atomic E-state index is -4.85. The number of rotatable bonds is 9. The van der Waals surface area contributed by atoms with Crippen molar-refractivity contribution in [3.05, 3.63) is 56.1 Å². The van der Waals surface area contributed by atoms with Crippen LogP contribution in [-0.2, 0) is 19.6 Å². The molecule has 0 spiro atoms. The normalized spacial score (nSPS) is 12.5. The molecule has 37 heavy (non-hydrogen) atoms. The summed E-state index contributed by atoms with van der Waals surface area (Å²) in [5, 5.41) is 13.1. The molecule has 0 amide bonds. The van der Waals surface area contributed by atoms with Crippen molar-refractivity contribution in [2.75, 3.05) is 7.11 Å². The van der Waals surface area contributed by atoms with Gasteiger partial charge in [-0.2, -0.15) is 22.8 Å². The van der Waals surface area contributed by atoms with Crippen LogP contribution in [0.3, 0.4) is 0 Å². The minimum absolute atomic E-state index is 0.0669. The maximum absolute atomic E-state index is 15.2. The van der Waals surface area contributed by atoms with E-state index in [-0.39, 0.29) is 29.0 Å². The van der Waals surface area contributed by atoms with Gasteiger partial charge in [0.2, 0.25) is 11.8 Å². The van der Waals surface area contributed by atoms with Crippen LogP contribution in [-0.4, -0.2) is 54.6 Å². The molecule has 1 atom stereocenters. The van der Waals surface area contributed by atoms with E-state index in [9.17, 15) is 27.9 Å². The average Bonchev–Trinajstić information content (AvgIpc) is 3.16. The number of halogens is 5. The van der Waals surface area contributed by atoms with Crippen molar-refractivity contribution < 1.29 is 36.9 Å². The summed E-state index contributed by atoms with van der Waals surface area (Å²) in [5.74, 6) is -3.74. The Morgan fingerprint density at radius 3 is 2.46 bits per heavy atom. The van der Waals surface area contributed by atoms with Crippen LogP contribution in [0.4, 0.5) is 17.6 Å². The van der Waals surface area contributed by atoms with E-state index < -0.39 is 59.9 Å². The number of aliphatic hydroxyl groups is 1. The maximum Gasteiger partial charge on any atom is 0.425 e. The van der Waals surface area contributed by atoms with Crippen molar-refractivity contribution in [3.63, 3.8) is 0 Å². The fourth-order valence-corrected chi connectivity index (χ4v) is 3.65. The SMILES string of the molecule is CCn1c(CO)nn(-c2nc(O[C@@H](C)C(F)(F)F)c(C(=O)Cc3c(C)cc(OC)nc3Cl)cc2F)c1=O. The Labute approximate surface area is 212 Å². The van der Waals surface area contributed by atoms with Crippen LogP contribution in [0.2, 0.25) is 5.15 Å². The molecule has 0 saturated carbocycles. The standard InChI is InChI=1S/C22H22ClF4N5O5/c1-5-31-16(9-33)30-32(21(31)35)19-14(24)7-13(20(29-19)37-11(3)22(25,26)27)15(34)8-12-10(2)6-17(36-4)28-18(12)23/h6-7,11,33H,5,8-9H2,1-4H3/t11-/m0/s1. The summed E-state index contributed by atoms with van der Waals surface area (Å²) in [6, 6.07) is 2.11. The largest absolute Gasteiger partial charge is 0.481 e. The molecular formula is C22H22ClF4N5O5. The molecule has 0 aliphatic carbocycles. The Balaban J connectivity index is 2.14. The number of aromatic nitrogens is 5. The van der Waals surface area contributed by atoms with Crippen molar-refractivity contribution in [2.24, 2.45) is 0 Å². The lowest BCUT2D eigenvalue weighted by molar-refractivity contribution is -0.190. The third-order valence-corrected chi connectivity index (χ3v) is 5.70. The quantitative estimate of drug-likeness (QED) is 0.246. The van der Waals surface area contributed by atoms with Gasteiger partial charge in [0.25, 0.3) is 0 Å². The summed E-state index contributed by atoms with van der Waals surface area (Å²) >= 11 is 6.15. The van der Waals surface area contributed by atoms with Crippen molar-refractivity contribution in [3.8, 4) is 17.6 Å². The molecule has 0 aromatic carbocycles. The first-order valence-corrected chi connectivity index (χ1v) is 11.2. The number of pyridine rings is 2. The fourth-order valence-electron chi connectivity index (χ4n) is 3.35. The Morgan fingerprint density at radius 1 is 1.27 bits per heavy atom. The van der Waals surface area contributed by atoms with Gasteiger partial charge in [-0.05, 0) is 32.4 Å². The van der Waals surface area contributed by atoms with Crippen LogP contribution >= 0.6 is 11.6 Å². The zero-order chi connectivity index (χ0) is 27.7. The van der Waals surface area contributed by atoms with Crippen LogP contribution in [0.25, 0.3) is 5.82 Å². The second-order valence-electron chi connectivity index (χ2n) is 7.81. The predicted molar refractivity (Wildman–Crippen MR) is 122 cm³/mol. The first-order valence-electron chi connectivity index (χ1n) is 10.8. The second kappa shape index (κ2) is 10.8. The Morgan fingerprint density at radius 2 is 1.95 bits per heavy atom. The number of carbonyl (C=O) groups excluding carboxylic acids is 1. The molecule has 0 bridgehead atoms. The van der Waals surface area contributed by atoms with Gasteiger partial charge in [-0.15, -0.1) is 5.10 Å². The van der Waals surface area contributed by atoms with Gasteiger partial charge < -0.3 is 14.6 Å². The third kappa shape index (κ3) is 5.74. The monoisotopic (exact) mass is 547 g/mol. The Kier molecular flexibility index (Phi) is 8.22. The van der Waals surface area contributed by atoms with Crippen LogP contribution in [0, 0.1) is 12.7 Å². The van der Waals surface area contributed by atoms with Gasteiger partial charge in [-0.3, -0.25) is 9.36 Å². The molecule has 0 fully saturated rings. The van der Waals surface area contributed by atoms with E-state index in [4.69, 9.17) is 21.1 Å². The first-order chi connectivity index (χ1) is 17.3. The highest BCUT2D eigenvalue weighted by molar-refractivity contribution is 6.30. The summed E-state index contributed by atoms with van der Waals surface area (Å²) in [4.78, 5) is 33.5. The second-order valence-corrected chi connectivity index (χ2v) is 8.17. The lowest BCUT2D eigenvalue weighted by atomic mass is 10.0. The minimum Gasteiger partial charge on any atom is -0.481 e. The van der Waals surface area contributed by atoms with Crippen molar-refractivity contribution >= 4 is 17.4 Å². The van der Waals surface area contributed by atoms with E-state index >= 15 is 4.39 Å². The average molecular weight is 548 g/mol. The molecule has 10 nitrogen and oxygen atoms in total. The molecule has 0 radical (unpaired) electrons. The number of hydrogen-bond donors (Lipinski definition) is 1. The van der Waals surface area contributed by atoms with Gasteiger partial charge in [0.15, 0.2) is 29.3 Å². The number of aliphatic hydroxyl groups excluding tert-OH is 1. The van der Waals surface area contributed by atoms with Gasteiger partial charge >= 0.3 is 11.9 Å². The van der Waals surface area contributed by atoms with E-state index in [0.29, 0.717) is 23.2 Å². The molecule has 0 aliphatic rings. The number of nitrogens with zero attached hydrogens (tertiary/aromatic N) is 5. The molecule has 15 heteroatoms. The number of aryl methyl sites for hydroxylation is 1. The molecular weight excluding hydrogens is 526 g/mol. The number of ketones is 1. The number of Topliss-reactive ketones (excluding diaryl/α,β-unsaturated/α-hetero) is 1. The summed E-state index contributed by atoms with van der Waals surface area (Å²) in [7, 11) is 1.36. The third-order valence-electron chi connectivity index (χ3n) is 5.39. The molecule has 3 heterocycles. The van der Waals surface area contributed by atoms with Gasteiger partial charge in [0, 0.05) is 24.6 Å². The Bertz CT molecular complexity index is 1370. The molecule has 3 aromatic rings. The van der Waals surface area contributed by atoms with Gasteiger partial charge in [0.1, 0.15) is 11.8 Å². The highest BCUT2D eigenvalue weighted by atomic mass is 35.5. The molecule has 0 unspecified atom stereocenters. The van der Waals surface area contributed by atoms with E-state index in [2.05, 4.69) is 15.1 Å². The smallest absolute Gasteiger partial charge is 0.425 e. The Hall–Kier alpha value is -3.52. The molecule has 0 aliphatic heterocycles. The predicted octanol–water partition coefficient (Wildman–Crippen LogP) is 3.20. The number of hydrogen-bond acceptors (Lipinski definition) is 8. The van der Waals surface area contributed by atoms with Crippen LogP contribution in [0.5, 0.6) is 11.8 Å². The first kappa shape index (κ1) is 28.1. The molecule has 3 aromatic heterocycles. The zero-order valence-electron chi connectivity index (χ0n) is 20.1. The number of carbonyl (C=O) groups is 1. The highest BCUT2D eigenvalue weighted by Crippen LogP contribution is 2.30. The van der Waals surface area contributed by atoms with Crippen LogP contribution in [0.1, 0.15) is 41.2 Å². The van der Waals surface area contributed by atoms with E-state index in [1.807, 2.05) is 0 Å². The molecule has 0 saturated heterocycles.